The van der Waals surface area contributed by atoms with E-state index in [9.17, 15) is 9.59 Å². The number of rotatable bonds is 5. The predicted molar refractivity (Wildman–Crippen MR) is 69.4 cm³/mol. The van der Waals surface area contributed by atoms with Gasteiger partial charge < -0.3 is 15.2 Å². The van der Waals surface area contributed by atoms with E-state index in [0.717, 1.165) is 12.8 Å². The quantitative estimate of drug-likeness (QED) is 0.844. The summed E-state index contributed by atoms with van der Waals surface area (Å²) < 4.78 is 4.85. The van der Waals surface area contributed by atoms with Gasteiger partial charge in [-0.15, -0.1) is 0 Å². The molecule has 0 aliphatic heterocycles. The van der Waals surface area contributed by atoms with Gasteiger partial charge >= 0.3 is 0 Å². The Morgan fingerprint density at radius 2 is 2.05 bits per heavy atom. The fraction of sp³-hybridized carbons (Fsp3) is 0.615. The van der Waals surface area contributed by atoms with E-state index in [4.69, 9.17) is 4.52 Å². The highest BCUT2D eigenvalue weighted by molar-refractivity contribution is 5.96. The molecular weight excluding hydrogens is 246 g/mol. The van der Waals surface area contributed by atoms with Gasteiger partial charge in [-0.2, -0.15) is 0 Å². The van der Waals surface area contributed by atoms with Crippen molar-refractivity contribution in [2.24, 2.45) is 11.8 Å². The van der Waals surface area contributed by atoms with Crippen molar-refractivity contribution < 1.29 is 14.1 Å². The number of nitrogens with zero attached hydrogens (tertiary/aromatic N) is 1. The summed E-state index contributed by atoms with van der Waals surface area (Å²) >= 11 is 0. The number of aryl methyl sites for hydroxylation is 1. The summed E-state index contributed by atoms with van der Waals surface area (Å²) in [5.41, 5.74) is 0. The van der Waals surface area contributed by atoms with Crippen LogP contribution >= 0.6 is 0 Å². The molecule has 1 aromatic heterocycles. The lowest BCUT2D eigenvalue weighted by Crippen LogP contribution is -2.44. The first-order valence-corrected chi connectivity index (χ1v) is 6.52. The smallest absolute Gasteiger partial charge is 0.247 e. The van der Waals surface area contributed by atoms with Crippen molar-refractivity contribution in [3.8, 4) is 0 Å². The van der Waals surface area contributed by atoms with Gasteiger partial charge in [-0.05, 0) is 32.6 Å². The van der Waals surface area contributed by atoms with Crippen LogP contribution in [0.4, 0.5) is 5.82 Å². The molecule has 19 heavy (non-hydrogen) atoms. The van der Waals surface area contributed by atoms with Gasteiger partial charge in [0.25, 0.3) is 0 Å². The maximum absolute atomic E-state index is 11.9. The van der Waals surface area contributed by atoms with E-state index >= 15 is 0 Å². The highest BCUT2D eigenvalue weighted by Gasteiger charge is 2.33. The summed E-state index contributed by atoms with van der Waals surface area (Å²) in [5, 5.41) is 8.98. The molecule has 1 aromatic rings. The topological polar surface area (TPSA) is 84.2 Å². The maximum atomic E-state index is 11.9. The lowest BCUT2D eigenvalue weighted by molar-refractivity contribution is -0.129. The number of hydrogen-bond donors (Lipinski definition) is 2. The van der Waals surface area contributed by atoms with Crippen LogP contribution in [0.3, 0.4) is 0 Å². The Balaban J connectivity index is 1.83. The van der Waals surface area contributed by atoms with E-state index in [1.807, 2.05) is 6.92 Å². The van der Waals surface area contributed by atoms with Crippen molar-refractivity contribution in [2.75, 3.05) is 5.32 Å². The standard InChI is InChI=1S/C13H19N3O3/c1-7-6-11(16-19-7)15-13(18)9(3)14-12(17)8(2)10-4-5-10/h6,8-10H,4-5H2,1-3H3,(H,14,17)(H,15,16,18). The van der Waals surface area contributed by atoms with Crippen molar-refractivity contribution in [2.45, 2.75) is 39.7 Å². The van der Waals surface area contributed by atoms with Crippen LogP contribution in [-0.4, -0.2) is 23.0 Å². The zero-order valence-electron chi connectivity index (χ0n) is 11.4. The monoisotopic (exact) mass is 265 g/mol. The first-order valence-electron chi connectivity index (χ1n) is 6.52. The Labute approximate surface area is 111 Å². The van der Waals surface area contributed by atoms with Gasteiger partial charge in [0, 0.05) is 12.0 Å². The van der Waals surface area contributed by atoms with Crippen LogP contribution in [0.15, 0.2) is 10.6 Å². The number of nitrogens with one attached hydrogen (secondary N) is 2. The molecule has 0 spiro atoms. The molecule has 1 fully saturated rings. The first kappa shape index (κ1) is 13.6. The zero-order chi connectivity index (χ0) is 14.0. The number of amides is 2. The third-order valence-corrected chi connectivity index (χ3v) is 3.37. The van der Waals surface area contributed by atoms with E-state index in [1.54, 1.807) is 19.9 Å². The predicted octanol–water partition coefficient (Wildman–Crippen LogP) is 1.47. The summed E-state index contributed by atoms with van der Waals surface area (Å²) in [6, 6.07) is 1.03. The van der Waals surface area contributed by atoms with Crippen molar-refractivity contribution in [3.05, 3.63) is 11.8 Å². The minimum atomic E-state index is -0.592. The molecule has 6 heteroatoms. The van der Waals surface area contributed by atoms with E-state index in [-0.39, 0.29) is 17.7 Å². The Morgan fingerprint density at radius 3 is 2.58 bits per heavy atom. The Bertz CT molecular complexity index is 479. The molecule has 6 nitrogen and oxygen atoms in total. The van der Waals surface area contributed by atoms with Gasteiger partial charge in [0.2, 0.25) is 11.8 Å². The third-order valence-electron chi connectivity index (χ3n) is 3.37. The second kappa shape index (κ2) is 5.42. The van der Waals surface area contributed by atoms with Gasteiger partial charge in [0.05, 0.1) is 0 Å². The van der Waals surface area contributed by atoms with Gasteiger partial charge in [-0.25, -0.2) is 0 Å². The Morgan fingerprint density at radius 1 is 1.37 bits per heavy atom. The van der Waals surface area contributed by atoms with Gasteiger partial charge in [-0.3, -0.25) is 9.59 Å². The normalized spacial score (nSPS) is 17.6. The highest BCUT2D eigenvalue weighted by Crippen LogP contribution is 2.36. The lowest BCUT2D eigenvalue weighted by atomic mass is 10.1. The van der Waals surface area contributed by atoms with E-state index in [2.05, 4.69) is 15.8 Å². The number of carbonyl (C=O) groups excluding carboxylic acids is 2. The first-order chi connectivity index (χ1) is 8.97. The number of carbonyl (C=O) groups is 2. The maximum Gasteiger partial charge on any atom is 0.247 e. The average molecular weight is 265 g/mol. The summed E-state index contributed by atoms with van der Waals surface area (Å²) in [4.78, 5) is 23.7. The van der Waals surface area contributed by atoms with Crippen molar-refractivity contribution in [1.82, 2.24) is 10.5 Å². The highest BCUT2D eigenvalue weighted by atomic mass is 16.5. The van der Waals surface area contributed by atoms with E-state index in [1.165, 1.54) is 0 Å². The van der Waals surface area contributed by atoms with Crippen LogP contribution in [0.2, 0.25) is 0 Å². The summed E-state index contributed by atoms with van der Waals surface area (Å²) in [6.45, 7) is 5.30. The molecule has 2 amide bonds. The zero-order valence-corrected chi connectivity index (χ0v) is 11.4. The van der Waals surface area contributed by atoms with Crippen LogP contribution in [0.1, 0.15) is 32.4 Å². The molecule has 2 N–H and O–H groups in total. The van der Waals surface area contributed by atoms with E-state index < -0.39 is 6.04 Å². The molecular formula is C13H19N3O3. The van der Waals surface area contributed by atoms with Gasteiger partial charge in [0.1, 0.15) is 11.8 Å². The molecule has 0 saturated heterocycles. The van der Waals surface area contributed by atoms with Gasteiger partial charge in [0.15, 0.2) is 5.82 Å². The summed E-state index contributed by atoms with van der Waals surface area (Å²) in [5.74, 6) is 1.07. The molecule has 0 radical (unpaired) electrons. The van der Waals surface area contributed by atoms with Crippen molar-refractivity contribution >= 4 is 17.6 Å². The fourth-order valence-corrected chi connectivity index (χ4v) is 1.88. The van der Waals surface area contributed by atoms with Crippen LogP contribution in [0.25, 0.3) is 0 Å². The minimum absolute atomic E-state index is 0.0236. The molecule has 1 aliphatic carbocycles. The SMILES string of the molecule is Cc1cc(NC(=O)C(C)NC(=O)C(C)C2CC2)no1. The minimum Gasteiger partial charge on any atom is -0.360 e. The third kappa shape index (κ3) is 3.56. The molecule has 1 heterocycles. The lowest BCUT2D eigenvalue weighted by Gasteiger charge is -2.16. The van der Waals surface area contributed by atoms with Crippen molar-refractivity contribution in [3.63, 3.8) is 0 Å². The van der Waals surface area contributed by atoms with Crippen LogP contribution in [0.5, 0.6) is 0 Å². The van der Waals surface area contributed by atoms with Crippen LogP contribution in [-0.2, 0) is 9.59 Å². The second-order valence-electron chi connectivity index (χ2n) is 5.17. The molecule has 2 atom stereocenters. The van der Waals surface area contributed by atoms with Gasteiger partial charge in [-0.1, -0.05) is 12.1 Å². The van der Waals surface area contributed by atoms with Crippen LogP contribution < -0.4 is 10.6 Å². The summed E-state index contributed by atoms with van der Waals surface area (Å²) in [6.07, 6.45) is 2.21. The Hall–Kier alpha value is -1.85. The molecule has 1 aliphatic rings. The van der Waals surface area contributed by atoms with Crippen LogP contribution in [0, 0.1) is 18.8 Å². The molecule has 1 saturated carbocycles. The number of aromatic nitrogens is 1. The average Bonchev–Trinajstić information content (AvgIpc) is 3.12. The Kier molecular flexibility index (Phi) is 3.87. The summed E-state index contributed by atoms with van der Waals surface area (Å²) in [7, 11) is 0. The molecule has 2 rings (SSSR count). The van der Waals surface area contributed by atoms with Crippen molar-refractivity contribution in [1.29, 1.82) is 0 Å². The largest absolute Gasteiger partial charge is 0.360 e. The number of anilines is 1. The molecule has 0 aromatic carbocycles. The second-order valence-corrected chi connectivity index (χ2v) is 5.17. The fourth-order valence-electron chi connectivity index (χ4n) is 1.88. The number of hydrogen-bond acceptors (Lipinski definition) is 4. The van der Waals surface area contributed by atoms with E-state index in [0.29, 0.717) is 17.5 Å². The molecule has 2 unspecified atom stereocenters. The molecule has 0 bridgehead atoms. The molecule has 104 valence electrons.